The van der Waals surface area contributed by atoms with Gasteiger partial charge in [-0.3, -0.25) is 9.36 Å². The predicted octanol–water partition coefficient (Wildman–Crippen LogP) is 6.06. The molecule has 30 heavy (non-hydrogen) atoms. The molecule has 4 aromatic rings. The summed E-state index contributed by atoms with van der Waals surface area (Å²) in [7, 11) is 0. The summed E-state index contributed by atoms with van der Waals surface area (Å²) in [6.45, 7) is 0. The van der Waals surface area contributed by atoms with E-state index < -0.39 is 0 Å². The van der Waals surface area contributed by atoms with Crippen LogP contribution >= 0.6 is 12.4 Å². The molecule has 0 saturated heterocycles. The molecular weight excluding hydrogens is 394 g/mol. The Bertz CT molecular complexity index is 1210. The molecule has 0 saturated carbocycles. The minimum atomic E-state index is 0. The molecule has 2 aromatic heterocycles. The monoisotopic (exact) mass is 419 g/mol. The molecule has 0 amide bonds. The minimum absolute atomic E-state index is 0. The minimum Gasteiger partial charge on any atom is -0.461 e. The lowest BCUT2D eigenvalue weighted by Crippen LogP contribution is -2.17. The van der Waals surface area contributed by atoms with Gasteiger partial charge in [-0.05, 0) is 61.4 Å². The third-order valence-electron chi connectivity index (χ3n) is 6.00. The Hall–Kier alpha value is -2.78. The van der Waals surface area contributed by atoms with Crippen LogP contribution in [0.1, 0.15) is 41.7 Å². The van der Waals surface area contributed by atoms with Crippen LogP contribution in [0.25, 0.3) is 16.7 Å². The van der Waals surface area contributed by atoms with Crippen LogP contribution < -0.4 is 5.56 Å². The predicted molar refractivity (Wildman–Crippen MR) is 124 cm³/mol. The number of hydrogen-bond acceptors (Lipinski definition) is 2. The van der Waals surface area contributed by atoms with Gasteiger partial charge < -0.3 is 4.42 Å². The van der Waals surface area contributed by atoms with E-state index in [-0.39, 0.29) is 18.0 Å². The zero-order valence-corrected chi connectivity index (χ0v) is 17.8. The Balaban J connectivity index is 0.00000218. The lowest BCUT2D eigenvalue weighted by atomic mass is 10.1. The van der Waals surface area contributed by atoms with Crippen molar-refractivity contribution in [2.45, 2.75) is 44.9 Å². The summed E-state index contributed by atoms with van der Waals surface area (Å²) in [5.41, 5.74) is 5.49. The van der Waals surface area contributed by atoms with E-state index in [1.807, 2.05) is 30.5 Å². The van der Waals surface area contributed by atoms with Crippen molar-refractivity contribution < 1.29 is 4.42 Å². The maximum Gasteiger partial charge on any atom is 0.255 e. The van der Waals surface area contributed by atoms with E-state index in [0.29, 0.717) is 0 Å². The summed E-state index contributed by atoms with van der Waals surface area (Å²) in [6, 6.07) is 20.4. The molecule has 5 rings (SSSR count). The molecule has 2 heterocycles. The fraction of sp³-hybridized carbons (Fsp3) is 0.269. The molecule has 0 bridgehead atoms. The molecule has 0 aliphatic heterocycles. The van der Waals surface area contributed by atoms with E-state index in [1.165, 1.54) is 35.8 Å². The SMILES string of the molecule is Cl.O=c1cc(CCc2ccccc2)ccn1-c1ccc2c3c(oc2c1)CCCCC3. The van der Waals surface area contributed by atoms with Gasteiger partial charge in [-0.15, -0.1) is 12.4 Å². The first kappa shape index (κ1) is 20.5. The van der Waals surface area contributed by atoms with Crippen LogP contribution in [0.3, 0.4) is 0 Å². The molecule has 3 nitrogen and oxygen atoms in total. The molecule has 2 aromatic carbocycles. The van der Waals surface area contributed by atoms with Crippen LogP contribution in [-0.4, -0.2) is 4.57 Å². The number of aromatic nitrogens is 1. The van der Waals surface area contributed by atoms with Crippen molar-refractivity contribution in [2.75, 3.05) is 0 Å². The largest absolute Gasteiger partial charge is 0.461 e. The third kappa shape index (κ3) is 4.08. The highest BCUT2D eigenvalue weighted by Crippen LogP contribution is 2.32. The number of fused-ring (bicyclic) bond motifs is 3. The van der Waals surface area contributed by atoms with Gasteiger partial charge in [0, 0.05) is 35.7 Å². The number of hydrogen-bond donors (Lipinski definition) is 0. The second-order valence-electron chi connectivity index (χ2n) is 7.97. The molecule has 1 aliphatic carbocycles. The van der Waals surface area contributed by atoms with Gasteiger partial charge in [-0.2, -0.15) is 0 Å². The number of pyridine rings is 1. The molecule has 0 spiro atoms. The van der Waals surface area contributed by atoms with E-state index >= 15 is 0 Å². The molecule has 0 atom stereocenters. The highest BCUT2D eigenvalue weighted by atomic mass is 35.5. The van der Waals surface area contributed by atoms with Crippen LogP contribution in [0, 0.1) is 0 Å². The Morgan fingerprint density at radius 1 is 0.833 bits per heavy atom. The van der Waals surface area contributed by atoms with Gasteiger partial charge in [0.05, 0.1) is 5.69 Å². The first-order valence-electron chi connectivity index (χ1n) is 10.6. The van der Waals surface area contributed by atoms with E-state index in [4.69, 9.17) is 4.42 Å². The molecule has 1 aliphatic rings. The van der Waals surface area contributed by atoms with Gasteiger partial charge in [0.1, 0.15) is 11.3 Å². The van der Waals surface area contributed by atoms with E-state index in [9.17, 15) is 4.79 Å². The summed E-state index contributed by atoms with van der Waals surface area (Å²) in [6.07, 6.45) is 9.51. The number of rotatable bonds is 4. The number of furan rings is 1. The lowest BCUT2D eigenvalue weighted by Gasteiger charge is -2.08. The van der Waals surface area contributed by atoms with E-state index in [0.717, 1.165) is 48.3 Å². The highest BCUT2D eigenvalue weighted by molar-refractivity contribution is 5.85. The third-order valence-corrected chi connectivity index (χ3v) is 6.00. The number of halogens is 1. The lowest BCUT2D eigenvalue weighted by molar-refractivity contribution is 0.538. The van der Waals surface area contributed by atoms with Crippen molar-refractivity contribution in [1.29, 1.82) is 0 Å². The smallest absolute Gasteiger partial charge is 0.255 e. The average Bonchev–Trinajstić information content (AvgIpc) is 2.92. The fourth-order valence-corrected chi connectivity index (χ4v) is 4.40. The van der Waals surface area contributed by atoms with Crippen LogP contribution in [0.2, 0.25) is 0 Å². The molecule has 0 N–H and O–H groups in total. The van der Waals surface area contributed by atoms with Gasteiger partial charge >= 0.3 is 0 Å². The Morgan fingerprint density at radius 3 is 2.47 bits per heavy atom. The van der Waals surface area contributed by atoms with Crippen LogP contribution in [-0.2, 0) is 25.7 Å². The summed E-state index contributed by atoms with van der Waals surface area (Å²) in [5.74, 6) is 1.14. The van der Waals surface area contributed by atoms with E-state index in [1.54, 1.807) is 10.6 Å². The van der Waals surface area contributed by atoms with Gasteiger partial charge in [0.2, 0.25) is 0 Å². The van der Waals surface area contributed by atoms with Crippen molar-refractivity contribution >= 4 is 23.4 Å². The maximum atomic E-state index is 12.8. The summed E-state index contributed by atoms with van der Waals surface area (Å²) >= 11 is 0. The van der Waals surface area contributed by atoms with Crippen molar-refractivity contribution in [3.63, 3.8) is 0 Å². The number of nitrogens with zero attached hydrogens (tertiary/aromatic N) is 1. The van der Waals surface area contributed by atoms with Crippen molar-refractivity contribution in [3.8, 4) is 5.69 Å². The van der Waals surface area contributed by atoms with E-state index in [2.05, 4.69) is 30.3 Å². The van der Waals surface area contributed by atoms with Gasteiger partial charge in [0.25, 0.3) is 5.56 Å². The summed E-state index contributed by atoms with van der Waals surface area (Å²) < 4.78 is 7.88. The zero-order valence-electron chi connectivity index (χ0n) is 17.0. The van der Waals surface area contributed by atoms with Crippen molar-refractivity contribution in [3.05, 3.63) is 99.7 Å². The molecule has 4 heteroatoms. The second kappa shape index (κ2) is 8.93. The number of benzene rings is 2. The summed E-state index contributed by atoms with van der Waals surface area (Å²) in [5, 5.41) is 1.21. The van der Waals surface area contributed by atoms with Crippen molar-refractivity contribution in [1.82, 2.24) is 4.57 Å². The Labute approximate surface area is 182 Å². The molecule has 0 fully saturated rings. The average molecular weight is 420 g/mol. The second-order valence-corrected chi connectivity index (χ2v) is 7.97. The standard InChI is InChI=1S/C26H25NO2.ClH/c28-26-17-20(12-11-19-7-3-1-4-8-19)15-16-27(26)21-13-14-23-22-9-5-2-6-10-24(22)29-25(23)18-21;/h1,3-4,7-8,13-18H,2,5-6,9-12H2;1H. The van der Waals surface area contributed by atoms with Gasteiger partial charge in [0.15, 0.2) is 0 Å². The highest BCUT2D eigenvalue weighted by Gasteiger charge is 2.17. The normalized spacial score (nSPS) is 13.5. The number of aryl methyl sites for hydroxylation is 4. The fourth-order valence-electron chi connectivity index (χ4n) is 4.40. The quantitative estimate of drug-likeness (QED) is 0.377. The Morgan fingerprint density at radius 2 is 1.63 bits per heavy atom. The van der Waals surface area contributed by atoms with Crippen LogP contribution in [0.4, 0.5) is 0 Å². The first-order chi connectivity index (χ1) is 14.3. The van der Waals surface area contributed by atoms with Crippen molar-refractivity contribution in [2.24, 2.45) is 0 Å². The molecule has 0 radical (unpaired) electrons. The van der Waals surface area contributed by atoms with Crippen LogP contribution in [0.15, 0.2) is 76.1 Å². The molecular formula is C26H26ClNO2. The molecule has 154 valence electrons. The Kier molecular flexibility index (Phi) is 6.10. The maximum absolute atomic E-state index is 12.8. The molecule has 0 unspecified atom stereocenters. The van der Waals surface area contributed by atoms with Gasteiger partial charge in [-0.1, -0.05) is 36.8 Å². The zero-order chi connectivity index (χ0) is 19.6. The topological polar surface area (TPSA) is 35.1 Å². The van der Waals surface area contributed by atoms with Crippen LogP contribution in [0.5, 0.6) is 0 Å². The van der Waals surface area contributed by atoms with Gasteiger partial charge in [-0.25, -0.2) is 0 Å². The summed E-state index contributed by atoms with van der Waals surface area (Å²) in [4.78, 5) is 12.8. The first-order valence-corrected chi connectivity index (χ1v) is 10.6.